The lowest BCUT2D eigenvalue weighted by molar-refractivity contribution is -0.384. The Kier molecular flexibility index (Phi) is 6.67. The van der Waals surface area contributed by atoms with Crippen LogP contribution in [0, 0.1) is 13.7 Å². The number of nitrogens with one attached hydrogen (secondary N) is 1. The van der Waals surface area contributed by atoms with Crippen LogP contribution in [-0.4, -0.2) is 34.7 Å². The van der Waals surface area contributed by atoms with Gasteiger partial charge in [0.25, 0.3) is 17.5 Å². The zero-order valence-corrected chi connectivity index (χ0v) is 16.5. The van der Waals surface area contributed by atoms with Gasteiger partial charge in [-0.3, -0.25) is 19.7 Å². The number of non-ortho nitro benzene ring substituents is 1. The summed E-state index contributed by atoms with van der Waals surface area (Å²) in [7, 11) is 0. The van der Waals surface area contributed by atoms with E-state index in [-0.39, 0.29) is 17.5 Å². The number of hydrogen-bond acceptors (Lipinski definition) is 4. The topological polar surface area (TPSA) is 92.6 Å². The van der Waals surface area contributed by atoms with Gasteiger partial charge in [0.15, 0.2) is 0 Å². The number of halogens is 1. The van der Waals surface area contributed by atoms with Crippen LogP contribution in [0.2, 0.25) is 0 Å². The summed E-state index contributed by atoms with van der Waals surface area (Å²) in [6.45, 7) is 5.10. The van der Waals surface area contributed by atoms with Crippen molar-refractivity contribution in [2.45, 2.75) is 13.8 Å². The van der Waals surface area contributed by atoms with Gasteiger partial charge in [0.2, 0.25) is 0 Å². The maximum atomic E-state index is 12.4. The summed E-state index contributed by atoms with van der Waals surface area (Å²) >= 11 is 1.89. The molecule has 0 aliphatic rings. The van der Waals surface area contributed by atoms with Gasteiger partial charge in [-0.15, -0.1) is 0 Å². The van der Waals surface area contributed by atoms with Crippen molar-refractivity contribution in [1.82, 2.24) is 4.90 Å². The van der Waals surface area contributed by atoms with Crippen LogP contribution >= 0.6 is 22.6 Å². The van der Waals surface area contributed by atoms with Crippen molar-refractivity contribution >= 4 is 45.8 Å². The fourth-order valence-electron chi connectivity index (χ4n) is 2.39. The number of anilines is 1. The molecule has 136 valence electrons. The van der Waals surface area contributed by atoms with Crippen molar-refractivity contribution in [1.29, 1.82) is 0 Å². The normalized spacial score (nSPS) is 10.3. The Balaban J connectivity index is 2.13. The number of hydrogen-bond donors (Lipinski definition) is 1. The van der Waals surface area contributed by atoms with Crippen molar-refractivity contribution in [3.05, 3.63) is 67.3 Å². The van der Waals surface area contributed by atoms with Crippen LogP contribution < -0.4 is 5.32 Å². The largest absolute Gasteiger partial charge is 0.339 e. The van der Waals surface area contributed by atoms with Gasteiger partial charge in [-0.05, 0) is 66.8 Å². The Morgan fingerprint density at radius 3 is 2.23 bits per heavy atom. The minimum atomic E-state index is -0.504. The molecule has 2 aromatic rings. The molecule has 0 saturated heterocycles. The molecule has 0 unspecified atom stereocenters. The molecule has 0 bridgehead atoms. The average molecular weight is 467 g/mol. The van der Waals surface area contributed by atoms with Crippen molar-refractivity contribution in [3.63, 3.8) is 0 Å². The third kappa shape index (κ3) is 4.57. The molecular formula is C18H18IN3O4. The minimum absolute atomic E-state index is 0.0576. The fourth-order valence-corrected chi connectivity index (χ4v) is 3.13. The molecule has 0 aliphatic carbocycles. The Bertz CT molecular complexity index is 833. The van der Waals surface area contributed by atoms with E-state index < -0.39 is 4.92 Å². The van der Waals surface area contributed by atoms with E-state index in [0.29, 0.717) is 33.5 Å². The van der Waals surface area contributed by atoms with Gasteiger partial charge in [-0.2, -0.15) is 0 Å². The summed E-state index contributed by atoms with van der Waals surface area (Å²) in [5.74, 6) is -0.426. The smallest absolute Gasteiger partial charge is 0.270 e. The summed E-state index contributed by atoms with van der Waals surface area (Å²) in [6, 6.07) is 10.7. The quantitative estimate of drug-likeness (QED) is 0.396. The molecule has 1 N–H and O–H groups in total. The fraction of sp³-hybridized carbons (Fsp3) is 0.222. The van der Waals surface area contributed by atoms with E-state index in [0.717, 1.165) is 0 Å². The molecule has 0 saturated carbocycles. The third-order valence-electron chi connectivity index (χ3n) is 3.85. The molecule has 0 aromatic heterocycles. The summed E-state index contributed by atoms with van der Waals surface area (Å²) in [5, 5.41) is 13.5. The molecule has 7 nitrogen and oxygen atoms in total. The lowest BCUT2D eigenvalue weighted by Crippen LogP contribution is -2.30. The standard InChI is InChI=1S/C18H18IN3O4/c1-3-21(4-2)18(24)12-5-7-13(8-6-12)20-17(23)15-10-9-14(22(25)26)11-16(15)19/h5-11H,3-4H2,1-2H3,(H,20,23). The van der Waals surface area contributed by atoms with Gasteiger partial charge in [0.1, 0.15) is 0 Å². The van der Waals surface area contributed by atoms with E-state index in [9.17, 15) is 19.7 Å². The number of nitro groups is 1. The van der Waals surface area contributed by atoms with Crippen LogP contribution in [-0.2, 0) is 0 Å². The minimum Gasteiger partial charge on any atom is -0.339 e. The first kappa shape index (κ1) is 19.8. The number of carbonyl (C=O) groups is 2. The molecule has 0 heterocycles. The highest BCUT2D eigenvalue weighted by Gasteiger charge is 2.16. The molecule has 0 radical (unpaired) electrons. The first-order valence-electron chi connectivity index (χ1n) is 8.02. The molecule has 0 aliphatic heterocycles. The SMILES string of the molecule is CCN(CC)C(=O)c1ccc(NC(=O)c2ccc([N+](=O)[O-])cc2I)cc1. The number of benzene rings is 2. The Labute approximate surface area is 164 Å². The number of rotatable bonds is 6. The van der Waals surface area contributed by atoms with Crippen LogP contribution in [0.3, 0.4) is 0 Å². The molecule has 26 heavy (non-hydrogen) atoms. The van der Waals surface area contributed by atoms with Crippen LogP contribution in [0.15, 0.2) is 42.5 Å². The van der Waals surface area contributed by atoms with E-state index in [1.54, 1.807) is 29.2 Å². The van der Waals surface area contributed by atoms with E-state index in [4.69, 9.17) is 0 Å². The number of nitrogens with zero attached hydrogens (tertiary/aromatic N) is 2. The Morgan fingerprint density at radius 1 is 1.12 bits per heavy atom. The Hall–Kier alpha value is -2.49. The molecule has 2 rings (SSSR count). The van der Waals surface area contributed by atoms with Gasteiger partial charge in [0.05, 0.1) is 10.5 Å². The summed E-state index contributed by atoms with van der Waals surface area (Å²) in [5.41, 5.74) is 1.38. The maximum Gasteiger partial charge on any atom is 0.270 e. The second-order valence-electron chi connectivity index (χ2n) is 5.43. The molecule has 0 fully saturated rings. The highest BCUT2D eigenvalue weighted by molar-refractivity contribution is 14.1. The highest BCUT2D eigenvalue weighted by atomic mass is 127. The summed E-state index contributed by atoms with van der Waals surface area (Å²) in [6.07, 6.45) is 0. The molecule has 0 spiro atoms. The molecular weight excluding hydrogens is 449 g/mol. The number of nitro benzene ring substituents is 1. The molecule has 2 amide bonds. The molecule has 2 aromatic carbocycles. The monoisotopic (exact) mass is 467 g/mol. The Morgan fingerprint density at radius 2 is 1.73 bits per heavy atom. The molecule has 8 heteroatoms. The van der Waals surface area contributed by atoms with Crippen LogP contribution in [0.1, 0.15) is 34.6 Å². The predicted molar refractivity (Wildman–Crippen MR) is 107 cm³/mol. The van der Waals surface area contributed by atoms with Gasteiger partial charge in [-0.1, -0.05) is 0 Å². The maximum absolute atomic E-state index is 12.4. The van der Waals surface area contributed by atoms with Crippen molar-refractivity contribution in [2.75, 3.05) is 18.4 Å². The van der Waals surface area contributed by atoms with E-state index in [1.807, 2.05) is 36.4 Å². The van der Waals surface area contributed by atoms with Crippen LogP contribution in [0.5, 0.6) is 0 Å². The zero-order chi connectivity index (χ0) is 19.3. The van der Waals surface area contributed by atoms with E-state index in [1.165, 1.54) is 18.2 Å². The predicted octanol–water partition coefficient (Wildman–Crippen LogP) is 3.93. The third-order valence-corrected chi connectivity index (χ3v) is 4.74. The molecule has 0 atom stereocenters. The second-order valence-corrected chi connectivity index (χ2v) is 6.59. The van der Waals surface area contributed by atoms with E-state index in [2.05, 4.69) is 5.32 Å². The summed E-state index contributed by atoms with van der Waals surface area (Å²) in [4.78, 5) is 36.6. The van der Waals surface area contributed by atoms with Gasteiger partial charge in [-0.25, -0.2) is 0 Å². The van der Waals surface area contributed by atoms with Crippen LogP contribution in [0.4, 0.5) is 11.4 Å². The second kappa shape index (κ2) is 8.75. The van der Waals surface area contributed by atoms with E-state index >= 15 is 0 Å². The van der Waals surface area contributed by atoms with Crippen molar-refractivity contribution in [2.24, 2.45) is 0 Å². The number of amides is 2. The number of carbonyl (C=O) groups excluding carboxylic acids is 2. The lowest BCUT2D eigenvalue weighted by Gasteiger charge is -2.18. The van der Waals surface area contributed by atoms with Gasteiger partial charge < -0.3 is 10.2 Å². The lowest BCUT2D eigenvalue weighted by atomic mass is 10.1. The highest BCUT2D eigenvalue weighted by Crippen LogP contribution is 2.21. The zero-order valence-electron chi connectivity index (χ0n) is 14.4. The van der Waals surface area contributed by atoms with Crippen molar-refractivity contribution in [3.8, 4) is 0 Å². The first-order chi connectivity index (χ1) is 12.4. The van der Waals surface area contributed by atoms with Crippen LogP contribution in [0.25, 0.3) is 0 Å². The first-order valence-corrected chi connectivity index (χ1v) is 9.09. The van der Waals surface area contributed by atoms with Crippen molar-refractivity contribution < 1.29 is 14.5 Å². The van der Waals surface area contributed by atoms with Gasteiger partial charge in [0, 0.05) is 40.0 Å². The van der Waals surface area contributed by atoms with Gasteiger partial charge >= 0.3 is 0 Å². The average Bonchev–Trinajstić information content (AvgIpc) is 2.62. The summed E-state index contributed by atoms with van der Waals surface area (Å²) < 4.78 is 0.489.